The standard InChI is InChI=1S/C21H23ClN2O2/c1-13-16-9-5-14(6-10-21(25)26)11-20(16)24(23-13)12-18-17(15-7-8-15)3-2-4-19(18)22/h3,5,9,11,15H,2,4,6-8,10,12H2,1H3,(H,25,26). The summed E-state index contributed by atoms with van der Waals surface area (Å²) < 4.78 is 2.04. The van der Waals surface area contributed by atoms with Gasteiger partial charge in [-0.15, -0.1) is 0 Å². The lowest BCUT2D eigenvalue weighted by Gasteiger charge is -2.19. The second-order valence-electron chi connectivity index (χ2n) is 7.34. The molecule has 1 aromatic carbocycles. The molecule has 4 nitrogen and oxygen atoms in total. The highest BCUT2D eigenvalue weighted by atomic mass is 35.5. The van der Waals surface area contributed by atoms with Gasteiger partial charge in [-0.3, -0.25) is 9.48 Å². The molecule has 2 aliphatic carbocycles. The predicted molar refractivity (Wildman–Crippen MR) is 103 cm³/mol. The Morgan fingerprint density at radius 1 is 1.38 bits per heavy atom. The van der Waals surface area contributed by atoms with Gasteiger partial charge in [0, 0.05) is 16.8 Å². The van der Waals surface area contributed by atoms with Crippen molar-refractivity contribution in [2.75, 3.05) is 0 Å². The first-order valence-corrected chi connectivity index (χ1v) is 9.66. The van der Waals surface area contributed by atoms with E-state index in [9.17, 15) is 4.79 Å². The molecular weight excluding hydrogens is 348 g/mol. The Labute approximate surface area is 158 Å². The minimum Gasteiger partial charge on any atom is -0.481 e. The van der Waals surface area contributed by atoms with Crippen LogP contribution in [0.4, 0.5) is 0 Å². The van der Waals surface area contributed by atoms with E-state index in [2.05, 4.69) is 18.2 Å². The van der Waals surface area contributed by atoms with Gasteiger partial charge in [0.25, 0.3) is 0 Å². The normalized spacial score (nSPS) is 17.7. The number of aryl methyl sites for hydroxylation is 2. The third-order valence-electron chi connectivity index (χ3n) is 5.36. The zero-order valence-electron chi connectivity index (χ0n) is 15.0. The summed E-state index contributed by atoms with van der Waals surface area (Å²) in [6, 6.07) is 6.14. The Balaban J connectivity index is 1.68. The summed E-state index contributed by atoms with van der Waals surface area (Å²) in [5.74, 6) is -0.0961. The van der Waals surface area contributed by atoms with Crippen molar-refractivity contribution in [1.82, 2.24) is 9.78 Å². The Morgan fingerprint density at radius 3 is 2.92 bits per heavy atom. The summed E-state index contributed by atoms with van der Waals surface area (Å²) in [4.78, 5) is 10.9. The van der Waals surface area contributed by atoms with Gasteiger partial charge in [0.2, 0.25) is 0 Å². The van der Waals surface area contributed by atoms with Crippen LogP contribution in [0.25, 0.3) is 10.9 Å². The molecule has 5 heteroatoms. The van der Waals surface area contributed by atoms with Gasteiger partial charge in [0.15, 0.2) is 0 Å². The molecule has 0 atom stereocenters. The van der Waals surface area contributed by atoms with E-state index in [1.807, 2.05) is 17.7 Å². The van der Waals surface area contributed by atoms with Gasteiger partial charge in [0.1, 0.15) is 0 Å². The number of benzene rings is 1. The fraction of sp³-hybridized carbons (Fsp3) is 0.429. The number of halogens is 1. The van der Waals surface area contributed by atoms with Crippen LogP contribution in [-0.4, -0.2) is 20.9 Å². The summed E-state index contributed by atoms with van der Waals surface area (Å²) in [6.45, 7) is 2.71. The van der Waals surface area contributed by atoms with Gasteiger partial charge in [-0.05, 0) is 67.7 Å². The largest absolute Gasteiger partial charge is 0.481 e. The van der Waals surface area contributed by atoms with Crippen LogP contribution in [0.2, 0.25) is 0 Å². The average Bonchev–Trinajstić information content (AvgIpc) is 3.41. The molecule has 0 unspecified atom stereocenters. The van der Waals surface area contributed by atoms with E-state index in [1.165, 1.54) is 24.0 Å². The minimum atomic E-state index is -0.770. The predicted octanol–water partition coefficient (Wildman–Crippen LogP) is 4.99. The summed E-state index contributed by atoms with van der Waals surface area (Å²) in [7, 11) is 0. The minimum absolute atomic E-state index is 0.143. The molecule has 0 amide bonds. The Hall–Kier alpha value is -2.07. The Bertz CT molecular complexity index is 935. The first-order chi connectivity index (χ1) is 12.5. The lowest BCUT2D eigenvalue weighted by molar-refractivity contribution is -0.136. The first-order valence-electron chi connectivity index (χ1n) is 9.28. The molecule has 0 radical (unpaired) electrons. The lowest BCUT2D eigenvalue weighted by atomic mass is 9.94. The van der Waals surface area contributed by atoms with Gasteiger partial charge in [-0.1, -0.05) is 29.8 Å². The molecule has 2 aliphatic rings. The number of hydrogen-bond acceptors (Lipinski definition) is 2. The zero-order valence-corrected chi connectivity index (χ0v) is 15.7. The number of aromatic nitrogens is 2. The molecule has 4 rings (SSSR count). The second-order valence-corrected chi connectivity index (χ2v) is 7.80. The van der Waals surface area contributed by atoms with Crippen LogP contribution in [0.5, 0.6) is 0 Å². The molecular formula is C21H23ClN2O2. The number of carbonyl (C=O) groups is 1. The number of rotatable bonds is 6. The van der Waals surface area contributed by atoms with Crippen LogP contribution in [-0.2, 0) is 17.8 Å². The molecule has 1 heterocycles. The van der Waals surface area contributed by atoms with Crippen LogP contribution >= 0.6 is 11.6 Å². The molecule has 1 N–H and O–H groups in total. The van der Waals surface area contributed by atoms with E-state index in [4.69, 9.17) is 21.8 Å². The van der Waals surface area contributed by atoms with Crippen LogP contribution in [0.15, 0.2) is 40.5 Å². The van der Waals surface area contributed by atoms with Gasteiger partial charge in [-0.2, -0.15) is 5.10 Å². The highest BCUT2D eigenvalue weighted by molar-refractivity contribution is 6.30. The van der Waals surface area contributed by atoms with Crippen molar-refractivity contribution < 1.29 is 9.90 Å². The SMILES string of the molecule is Cc1nn(CC2=C(Cl)CCC=C2C2CC2)c2cc(CCC(=O)O)ccc12. The van der Waals surface area contributed by atoms with Crippen molar-refractivity contribution in [3.63, 3.8) is 0 Å². The number of fused-ring (bicyclic) bond motifs is 1. The van der Waals surface area contributed by atoms with Crippen LogP contribution in [0.1, 0.15) is 43.4 Å². The number of hydrogen-bond donors (Lipinski definition) is 1. The van der Waals surface area contributed by atoms with Gasteiger partial charge in [-0.25, -0.2) is 0 Å². The lowest BCUT2D eigenvalue weighted by Crippen LogP contribution is -2.10. The van der Waals surface area contributed by atoms with E-state index in [0.717, 1.165) is 40.0 Å². The number of aliphatic carboxylic acids is 1. The van der Waals surface area contributed by atoms with E-state index >= 15 is 0 Å². The van der Waals surface area contributed by atoms with Crippen molar-refractivity contribution in [1.29, 1.82) is 0 Å². The first kappa shape index (κ1) is 17.3. The van der Waals surface area contributed by atoms with E-state index in [1.54, 1.807) is 0 Å². The van der Waals surface area contributed by atoms with Crippen molar-refractivity contribution in [2.45, 2.75) is 52.0 Å². The summed E-state index contributed by atoms with van der Waals surface area (Å²) >= 11 is 6.61. The monoisotopic (exact) mass is 370 g/mol. The van der Waals surface area contributed by atoms with Gasteiger partial charge < -0.3 is 5.11 Å². The Kier molecular flexibility index (Phi) is 4.62. The van der Waals surface area contributed by atoms with E-state index < -0.39 is 5.97 Å². The molecule has 2 aromatic rings. The molecule has 136 valence electrons. The number of nitrogens with zero attached hydrogens (tertiary/aromatic N) is 2. The summed E-state index contributed by atoms with van der Waals surface area (Å²) in [5.41, 5.74) is 5.74. The van der Waals surface area contributed by atoms with Crippen molar-refractivity contribution in [3.05, 3.63) is 51.7 Å². The quantitative estimate of drug-likeness (QED) is 0.779. The third kappa shape index (κ3) is 3.43. The number of carboxylic acids is 1. The number of carboxylic acid groups (broad SMARTS) is 1. The molecule has 0 spiro atoms. The van der Waals surface area contributed by atoms with E-state index in [-0.39, 0.29) is 6.42 Å². The van der Waals surface area contributed by atoms with E-state index in [0.29, 0.717) is 18.9 Å². The zero-order chi connectivity index (χ0) is 18.3. The maximum atomic E-state index is 10.9. The maximum absolute atomic E-state index is 10.9. The summed E-state index contributed by atoms with van der Waals surface area (Å²) in [6.07, 6.45) is 7.50. The molecule has 1 aromatic heterocycles. The topological polar surface area (TPSA) is 55.1 Å². The van der Waals surface area contributed by atoms with Crippen LogP contribution in [0, 0.1) is 12.8 Å². The van der Waals surface area contributed by atoms with Gasteiger partial charge >= 0.3 is 5.97 Å². The highest BCUT2D eigenvalue weighted by Crippen LogP contribution is 2.44. The molecule has 1 fully saturated rings. The molecule has 0 aliphatic heterocycles. The van der Waals surface area contributed by atoms with Gasteiger partial charge in [0.05, 0.1) is 17.8 Å². The fourth-order valence-electron chi connectivity index (χ4n) is 3.83. The second kappa shape index (κ2) is 6.92. The van der Waals surface area contributed by atoms with Crippen molar-refractivity contribution in [3.8, 4) is 0 Å². The number of allylic oxidation sites excluding steroid dienone is 4. The maximum Gasteiger partial charge on any atom is 0.303 e. The highest BCUT2D eigenvalue weighted by Gasteiger charge is 2.31. The molecule has 26 heavy (non-hydrogen) atoms. The van der Waals surface area contributed by atoms with Crippen molar-refractivity contribution >= 4 is 28.5 Å². The Morgan fingerprint density at radius 2 is 2.19 bits per heavy atom. The third-order valence-corrected chi connectivity index (χ3v) is 5.77. The molecule has 1 saturated carbocycles. The smallest absolute Gasteiger partial charge is 0.303 e. The van der Waals surface area contributed by atoms with Crippen molar-refractivity contribution in [2.24, 2.45) is 5.92 Å². The van der Waals surface area contributed by atoms with Crippen LogP contribution in [0.3, 0.4) is 0 Å². The molecule has 0 bridgehead atoms. The average molecular weight is 371 g/mol. The molecule has 0 saturated heterocycles. The summed E-state index contributed by atoms with van der Waals surface area (Å²) in [5, 5.41) is 15.8. The van der Waals surface area contributed by atoms with Crippen LogP contribution < -0.4 is 0 Å². The fourth-order valence-corrected chi connectivity index (χ4v) is 4.11.